The van der Waals surface area contributed by atoms with Gasteiger partial charge in [0, 0.05) is 0 Å². The van der Waals surface area contributed by atoms with Crippen LogP contribution in [-0.4, -0.2) is 9.13 Å². The Morgan fingerprint density at radius 2 is 1.28 bits per heavy atom. The fourth-order valence-corrected chi connectivity index (χ4v) is 2.61. The maximum atomic E-state index is 12.8. The first-order chi connectivity index (χ1) is 12.1. The van der Waals surface area contributed by atoms with Gasteiger partial charge in [0.1, 0.15) is 5.82 Å². The van der Waals surface area contributed by atoms with Crippen molar-refractivity contribution in [3.63, 3.8) is 0 Å². The van der Waals surface area contributed by atoms with Crippen molar-refractivity contribution in [2.45, 2.75) is 13.1 Å². The van der Waals surface area contributed by atoms with E-state index < -0.39 is 16.9 Å². The molecule has 0 saturated heterocycles. The number of nitroso groups, excluding NO2 is 1. The molecule has 7 heteroatoms. The molecule has 0 fully saturated rings. The molecule has 0 unspecified atom stereocenters. The molecule has 1 aromatic heterocycles. The molecule has 3 rings (SSSR count). The van der Waals surface area contributed by atoms with E-state index in [1.54, 1.807) is 24.3 Å². The molecule has 3 aromatic rings. The summed E-state index contributed by atoms with van der Waals surface area (Å²) in [6.45, 7) is 0.180. The highest BCUT2D eigenvalue weighted by Gasteiger charge is 2.18. The van der Waals surface area contributed by atoms with Crippen LogP contribution in [-0.2, 0) is 13.1 Å². The molecule has 126 valence electrons. The number of hydrogen-bond acceptors (Lipinski definition) is 5. The highest BCUT2D eigenvalue weighted by atomic mass is 16.3. The molecule has 0 radical (unpaired) electrons. The minimum absolute atomic E-state index is 0.0378. The molecule has 0 saturated carbocycles. The first kappa shape index (κ1) is 16.4. The van der Waals surface area contributed by atoms with Gasteiger partial charge in [0.15, 0.2) is 0 Å². The van der Waals surface area contributed by atoms with Crippen LogP contribution in [0.1, 0.15) is 11.1 Å². The fourth-order valence-electron chi connectivity index (χ4n) is 2.61. The fraction of sp³-hybridized carbons (Fsp3) is 0.111. The Morgan fingerprint density at radius 3 is 1.76 bits per heavy atom. The SMILES string of the molecule is Nc1c(N=O)c(=O)n(Cc2ccccc2)c(=O)n1Cc1ccccc1. The van der Waals surface area contributed by atoms with Crippen molar-refractivity contribution in [1.82, 2.24) is 9.13 Å². The van der Waals surface area contributed by atoms with Gasteiger partial charge < -0.3 is 5.73 Å². The van der Waals surface area contributed by atoms with E-state index in [1.807, 2.05) is 36.4 Å². The second-order valence-electron chi connectivity index (χ2n) is 5.56. The number of hydrogen-bond donors (Lipinski definition) is 1. The van der Waals surface area contributed by atoms with E-state index in [2.05, 4.69) is 5.18 Å². The lowest BCUT2D eigenvalue weighted by atomic mass is 10.2. The number of nitrogen functional groups attached to an aromatic ring is 1. The van der Waals surface area contributed by atoms with Crippen molar-refractivity contribution in [2.24, 2.45) is 5.18 Å². The second-order valence-corrected chi connectivity index (χ2v) is 5.56. The molecule has 2 aromatic carbocycles. The molecule has 2 N–H and O–H groups in total. The summed E-state index contributed by atoms with van der Waals surface area (Å²) in [5.74, 6) is -0.224. The van der Waals surface area contributed by atoms with E-state index in [-0.39, 0.29) is 18.9 Å². The number of nitrogens with zero attached hydrogens (tertiary/aromatic N) is 3. The first-order valence-electron chi connectivity index (χ1n) is 7.66. The van der Waals surface area contributed by atoms with Crippen LogP contribution in [0.25, 0.3) is 0 Å². The van der Waals surface area contributed by atoms with Gasteiger partial charge in [-0.25, -0.2) is 4.79 Å². The van der Waals surface area contributed by atoms with Crippen LogP contribution in [0.2, 0.25) is 0 Å². The highest BCUT2D eigenvalue weighted by molar-refractivity contribution is 5.56. The third-order valence-electron chi connectivity index (χ3n) is 3.90. The molecule has 0 atom stereocenters. The van der Waals surface area contributed by atoms with Crippen LogP contribution in [0.15, 0.2) is 75.4 Å². The Hall–Kier alpha value is -3.48. The van der Waals surface area contributed by atoms with Gasteiger partial charge in [-0.05, 0) is 16.3 Å². The van der Waals surface area contributed by atoms with Crippen molar-refractivity contribution in [2.75, 3.05) is 5.73 Å². The van der Waals surface area contributed by atoms with E-state index in [4.69, 9.17) is 5.73 Å². The van der Waals surface area contributed by atoms with Gasteiger partial charge in [-0.2, -0.15) is 0 Å². The summed E-state index contributed by atoms with van der Waals surface area (Å²) < 4.78 is 2.17. The lowest BCUT2D eigenvalue weighted by molar-refractivity contribution is 0.620. The average Bonchev–Trinajstić information content (AvgIpc) is 2.64. The zero-order valence-electron chi connectivity index (χ0n) is 13.3. The van der Waals surface area contributed by atoms with Crippen LogP contribution in [0, 0.1) is 4.91 Å². The second kappa shape index (κ2) is 6.96. The molecule has 0 aliphatic heterocycles. The van der Waals surface area contributed by atoms with Crippen LogP contribution >= 0.6 is 0 Å². The molecule has 0 aliphatic rings. The number of rotatable bonds is 5. The monoisotopic (exact) mass is 336 g/mol. The van der Waals surface area contributed by atoms with Gasteiger partial charge >= 0.3 is 5.69 Å². The third kappa shape index (κ3) is 3.25. The Balaban J connectivity index is 2.15. The predicted molar refractivity (Wildman–Crippen MR) is 95.9 cm³/mol. The lowest BCUT2D eigenvalue weighted by Gasteiger charge is -2.14. The maximum absolute atomic E-state index is 12.8. The number of nitrogens with two attached hydrogens (primary N) is 1. The standard InChI is InChI=1S/C18H16N4O3/c19-16-15(20-25)17(23)22(12-14-9-5-2-6-10-14)18(24)21(16)11-13-7-3-1-4-8-13/h1-10H,11-12,19H2. The Labute approximate surface area is 142 Å². The summed E-state index contributed by atoms with van der Waals surface area (Å²) >= 11 is 0. The van der Waals surface area contributed by atoms with E-state index in [0.29, 0.717) is 0 Å². The van der Waals surface area contributed by atoms with Gasteiger partial charge in [0.05, 0.1) is 13.1 Å². The van der Waals surface area contributed by atoms with Crippen molar-refractivity contribution < 1.29 is 0 Å². The molecular weight excluding hydrogens is 320 g/mol. The Kier molecular flexibility index (Phi) is 4.56. The Bertz CT molecular complexity index is 1010. The summed E-state index contributed by atoms with van der Waals surface area (Å²) in [7, 11) is 0. The van der Waals surface area contributed by atoms with Crippen molar-refractivity contribution in [3.8, 4) is 0 Å². The van der Waals surface area contributed by atoms with Gasteiger partial charge in [-0.1, -0.05) is 60.7 Å². The van der Waals surface area contributed by atoms with Crippen LogP contribution in [0.4, 0.5) is 11.5 Å². The van der Waals surface area contributed by atoms with Crippen LogP contribution < -0.4 is 17.0 Å². The summed E-state index contributed by atoms with van der Waals surface area (Å²) in [5, 5.41) is 2.75. The molecule has 0 spiro atoms. The largest absolute Gasteiger partial charge is 0.383 e. The predicted octanol–water partition coefficient (Wildman–Crippen LogP) is 2.09. The Morgan fingerprint density at radius 1 is 0.800 bits per heavy atom. The van der Waals surface area contributed by atoms with Gasteiger partial charge in [0.2, 0.25) is 5.69 Å². The summed E-state index contributed by atoms with van der Waals surface area (Å²) in [6, 6.07) is 18.2. The summed E-state index contributed by atoms with van der Waals surface area (Å²) in [5.41, 5.74) is 5.62. The minimum atomic E-state index is -0.786. The van der Waals surface area contributed by atoms with Gasteiger partial charge in [-0.15, -0.1) is 4.91 Å². The number of anilines is 1. The van der Waals surface area contributed by atoms with Gasteiger partial charge in [-0.3, -0.25) is 13.9 Å². The van der Waals surface area contributed by atoms with Crippen molar-refractivity contribution in [1.29, 1.82) is 0 Å². The van der Waals surface area contributed by atoms with E-state index in [9.17, 15) is 14.5 Å². The topological polar surface area (TPSA) is 99.4 Å². The van der Waals surface area contributed by atoms with E-state index in [0.717, 1.165) is 15.7 Å². The summed E-state index contributed by atoms with van der Waals surface area (Å²) in [6.07, 6.45) is 0. The molecule has 25 heavy (non-hydrogen) atoms. The zero-order chi connectivity index (χ0) is 17.8. The van der Waals surface area contributed by atoms with Crippen LogP contribution in [0.3, 0.4) is 0 Å². The normalized spacial score (nSPS) is 10.6. The lowest BCUT2D eigenvalue weighted by Crippen LogP contribution is -2.41. The number of aromatic nitrogens is 2. The zero-order valence-corrected chi connectivity index (χ0v) is 13.3. The molecule has 0 bridgehead atoms. The first-order valence-corrected chi connectivity index (χ1v) is 7.66. The highest BCUT2D eigenvalue weighted by Crippen LogP contribution is 2.16. The third-order valence-corrected chi connectivity index (χ3v) is 3.90. The number of benzene rings is 2. The molecular formula is C18H16N4O3. The van der Waals surface area contributed by atoms with Crippen molar-refractivity contribution >= 4 is 11.5 Å². The molecule has 1 heterocycles. The summed E-state index contributed by atoms with van der Waals surface area (Å²) in [4.78, 5) is 36.3. The van der Waals surface area contributed by atoms with Crippen LogP contribution in [0.5, 0.6) is 0 Å². The molecule has 0 amide bonds. The molecule has 0 aliphatic carbocycles. The maximum Gasteiger partial charge on any atom is 0.333 e. The smallest absolute Gasteiger partial charge is 0.333 e. The average molecular weight is 336 g/mol. The van der Waals surface area contributed by atoms with Crippen molar-refractivity contribution in [3.05, 3.63) is 97.5 Å². The van der Waals surface area contributed by atoms with E-state index in [1.165, 1.54) is 4.57 Å². The molecule has 7 nitrogen and oxygen atoms in total. The van der Waals surface area contributed by atoms with E-state index >= 15 is 0 Å². The minimum Gasteiger partial charge on any atom is -0.383 e. The quantitative estimate of drug-likeness (QED) is 0.721. The van der Waals surface area contributed by atoms with Gasteiger partial charge in [0.25, 0.3) is 5.56 Å².